The van der Waals surface area contributed by atoms with Gasteiger partial charge in [-0.2, -0.15) is 0 Å². The van der Waals surface area contributed by atoms with Crippen LogP contribution >= 0.6 is 0 Å². The third-order valence-corrected chi connectivity index (χ3v) is 2.92. The molecule has 3 rings (SSSR count). The van der Waals surface area contributed by atoms with Crippen molar-refractivity contribution in [3.05, 3.63) is 54.1 Å². The van der Waals surface area contributed by atoms with Gasteiger partial charge in [-0.15, -0.1) is 0 Å². The molecule has 2 aromatic carbocycles. The minimum Gasteiger partial charge on any atom is -0.454 e. The molecular weight excluding hydrogens is 286 g/mol. The smallest absolute Gasteiger partial charge is 0.437 e. The van der Waals surface area contributed by atoms with Crippen molar-refractivity contribution in [3.63, 3.8) is 0 Å². The molecule has 0 saturated heterocycles. The molecule has 0 fully saturated rings. The van der Waals surface area contributed by atoms with E-state index >= 15 is 0 Å². The number of fused-ring (bicyclic) bond motifs is 1. The van der Waals surface area contributed by atoms with E-state index in [4.69, 9.17) is 20.0 Å². The molecule has 0 aliphatic carbocycles. The molecule has 1 aliphatic rings. The second-order valence-electron chi connectivity index (χ2n) is 4.41. The van der Waals surface area contributed by atoms with Crippen molar-refractivity contribution >= 4 is 17.6 Å². The van der Waals surface area contributed by atoms with Gasteiger partial charge in [0.15, 0.2) is 17.3 Å². The third-order valence-electron chi connectivity index (χ3n) is 2.92. The van der Waals surface area contributed by atoms with E-state index in [9.17, 15) is 4.79 Å². The largest absolute Gasteiger partial charge is 0.454 e. The van der Waals surface area contributed by atoms with Crippen LogP contribution in [0.4, 0.5) is 10.5 Å². The Bertz CT molecular complexity index is 716. The lowest BCUT2D eigenvalue weighted by Gasteiger charge is -2.04. The lowest BCUT2D eigenvalue weighted by atomic mass is 10.2. The maximum atomic E-state index is 11.6. The van der Waals surface area contributed by atoms with Crippen molar-refractivity contribution in [1.29, 1.82) is 0 Å². The molecular formula is C15H13N3O4. The van der Waals surface area contributed by atoms with Gasteiger partial charge in [-0.1, -0.05) is 23.4 Å². The first-order valence-corrected chi connectivity index (χ1v) is 6.49. The topological polar surface area (TPSA) is 95.2 Å². The highest BCUT2D eigenvalue weighted by molar-refractivity contribution is 5.98. The van der Waals surface area contributed by atoms with Gasteiger partial charge in [0.1, 0.15) is 0 Å². The summed E-state index contributed by atoms with van der Waals surface area (Å²) < 4.78 is 10.4. The standard InChI is InChI=1S/C15H13N3O4/c16-14(10-6-7-12-13(8-10)21-9-20-12)18-22-15(19)17-11-4-2-1-3-5-11/h1-8H,9H2,(H2,16,18)(H,17,19). The summed E-state index contributed by atoms with van der Waals surface area (Å²) in [6, 6.07) is 14.0. The van der Waals surface area contributed by atoms with Crippen LogP contribution in [0, 0.1) is 0 Å². The van der Waals surface area contributed by atoms with Gasteiger partial charge in [0, 0.05) is 11.3 Å². The second kappa shape index (κ2) is 6.04. The zero-order chi connectivity index (χ0) is 15.4. The van der Waals surface area contributed by atoms with Crippen LogP contribution in [0.15, 0.2) is 53.7 Å². The number of carbonyl (C=O) groups excluding carboxylic acids is 1. The molecule has 7 heteroatoms. The fourth-order valence-corrected chi connectivity index (χ4v) is 1.86. The van der Waals surface area contributed by atoms with Gasteiger partial charge >= 0.3 is 6.09 Å². The maximum absolute atomic E-state index is 11.6. The Morgan fingerprint density at radius 1 is 1.14 bits per heavy atom. The Hall–Kier alpha value is -3.22. The number of benzene rings is 2. The average Bonchev–Trinajstić information content (AvgIpc) is 3.01. The molecule has 1 heterocycles. The summed E-state index contributed by atoms with van der Waals surface area (Å²) in [4.78, 5) is 16.3. The molecule has 0 saturated carbocycles. The number of amides is 1. The molecule has 0 spiro atoms. The van der Waals surface area contributed by atoms with Crippen LogP contribution in [0.5, 0.6) is 11.5 Å². The molecule has 0 bridgehead atoms. The molecule has 3 N–H and O–H groups in total. The summed E-state index contributed by atoms with van der Waals surface area (Å²) in [6.07, 6.45) is -0.727. The van der Waals surface area contributed by atoms with E-state index in [0.29, 0.717) is 22.7 Å². The van der Waals surface area contributed by atoms with Crippen molar-refractivity contribution in [2.24, 2.45) is 10.9 Å². The molecule has 22 heavy (non-hydrogen) atoms. The van der Waals surface area contributed by atoms with E-state index in [1.54, 1.807) is 42.5 Å². The van der Waals surface area contributed by atoms with Gasteiger partial charge < -0.3 is 15.2 Å². The van der Waals surface area contributed by atoms with Gasteiger partial charge in [0.25, 0.3) is 0 Å². The zero-order valence-corrected chi connectivity index (χ0v) is 11.5. The molecule has 0 radical (unpaired) electrons. The zero-order valence-electron chi connectivity index (χ0n) is 11.5. The normalized spacial score (nSPS) is 12.8. The molecule has 0 unspecified atom stereocenters. The highest BCUT2D eigenvalue weighted by atomic mass is 16.7. The van der Waals surface area contributed by atoms with Crippen LogP contribution < -0.4 is 20.5 Å². The molecule has 112 valence electrons. The first-order valence-electron chi connectivity index (χ1n) is 6.49. The number of anilines is 1. The quantitative estimate of drug-likeness (QED) is 0.392. The van der Waals surface area contributed by atoms with Gasteiger partial charge in [-0.05, 0) is 30.3 Å². The summed E-state index contributed by atoms with van der Waals surface area (Å²) >= 11 is 0. The van der Waals surface area contributed by atoms with E-state index in [0.717, 1.165) is 0 Å². The number of para-hydroxylation sites is 1. The van der Waals surface area contributed by atoms with Crippen LogP contribution in [0.2, 0.25) is 0 Å². The van der Waals surface area contributed by atoms with Crippen LogP contribution in [-0.2, 0) is 4.84 Å². The number of amidine groups is 1. The fraction of sp³-hybridized carbons (Fsp3) is 0.0667. The summed E-state index contributed by atoms with van der Waals surface area (Å²) in [5, 5.41) is 6.12. The molecule has 1 amide bonds. The van der Waals surface area contributed by atoms with Crippen molar-refractivity contribution in [3.8, 4) is 11.5 Å². The number of carbonyl (C=O) groups is 1. The number of nitrogens with two attached hydrogens (primary N) is 1. The number of nitrogens with one attached hydrogen (secondary N) is 1. The number of oxime groups is 1. The first-order chi connectivity index (χ1) is 10.7. The monoisotopic (exact) mass is 299 g/mol. The second-order valence-corrected chi connectivity index (χ2v) is 4.41. The highest BCUT2D eigenvalue weighted by Gasteiger charge is 2.14. The van der Waals surface area contributed by atoms with Crippen molar-refractivity contribution in [2.45, 2.75) is 0 Å². The number of nitrogens with zero attached hydrogens (tertiary/aromatic N) is 1. The van der Waals surface area contributed by atoms with Gasteiger partial charge in [-0.25, -0.2) is 4.79 Å². The Balaban J connectivity index is 1.63. The van der Waals surface area contributed by atoms with E-state index in [2.05, 4.69) is 10.5 Å². The molecule has 2 aromatic rings. The predicted octanol–water partition coefficient (Wildman–Crippen LogP) is 2.28. The summed E-state index contributed by atoms with van der Waals surface area (Å²) in [7, 11) is 0. The average molecular weight is 299 g/mol. The van der Waals surface area contributed by atoms with Crippen LogP contribution in [0.25, 0.3) is 0 Å². The van der Waals surface area contributed by atoms with Crippen molar-refractivity contribution in [2.75, 3.05) is 12.1 Å². The lowest BCUT2D eigenvalue weighted by molar-refractivity contribution is 0.166. The maximum Gasteiger partial charge on any atom is 0.437 e. The van der Waals surface area contributed by atoms with Crippen molar-refractivity contribution < 1.29 is 19.1 Å². The Labute approximate surface area is 126 Å². The predicted molar refractivity (Wildman–Crippen MR) is 79.8 cm³/mol. The van der Waals surface area contributed by atoms with E-state index in [-0.39, 0.29) is 12.6 Å². The van der Waals surface area contributed by atoms with Gasteiger partial charge in [-0.3, -0.25) is 10.2 Å². The SMILES string of the molecule is N/C(=N\OC(=O)Nc1ccccc1)c1ccc2c(c1)OCO2. The summed E-state index contributed by atoms with van der Waals surface area (Å²) in [5.74, 6) is 1.27. The van der Waals surface area contributed by atoms with Gasteiger partial charge in [0.05, 0.1) is 0 Å². The Kier molecular flexibility index (Phi) is 3.78. The number of hydrogen-bond acceptors (Lipinski definition) is 5. The van der Waals surface area contributed by atoms with Crippen molar-refractivity contribution in [1.82, 2.24) is 0 Å². The minimum atomic E-state index is -0.727. The summed E-state index contributed by atoms with van der Waals surface area (Å²) in [5.41, 5.74) is 6.95. The highest BCUT2D eigenvalue weighted by Crippen LogP contribution is 2.32. The first kappa shape index (κ1) is 13.7. The van der Waals surface area contributed by atoms with Gasteiger partial charge in [0.2, 0.25) is 6.79 Å². The van der Waals surface area contributed by atoms with E-state index in [1.165, 1.54) is 0 Å². The van der Waals surface area contributed by atoms with Crippen LogP contribution in [0.1, 0.15) is 5.56 Å². The number of hydrogen-bond donors (Lipinski definition) is 2. The molecule has 1 aliphatic heterocycles. The van der Waals surface area contributed by atoms with E-state index < -0.39 is 6.09 Å². The third kappa shape index (κ3) is 3.09. The molecule has 0 atom stereocenters. The minimum absolute atomic E-state index is 0.0570. The lowest BCUT2D eigenvalue weighted by Crippen LogP contribution is -2.17. The molecule has 0 aromatic heterocycles. The Morgan fingerprint density at radius 3 is 2.73 bits per heavy atom. The summed E-state index contributed by atoms with van der Waals surface area (Å²) in [6.45, 7) is 0.172. The van der Waals surface area contributed by atoms with Crippen LogP contribution in [-0.4, -0.2) is 18.7 Å². The van der Waals surface area contributed by atoms with E-state index in [1.807, 2.05) is 6.07 Å². The number of ether oxygens (including phenoxy) is 2. The fourth-order valence-electron chi connectivity index (χ4n) is 1.86. The van der Waals surface area contributed by atoms with Crippen LogP contribution in [0.3, 0.4) is 0 Å². The molecule has 7 nitrogen and oxygen atoms in total. The number of rotatable bonds is 3. The Morgan fingerprint density at radius 2 is 1.91 bits per heavy atom.